The molecule has 0 aliphatic rings. The molecule has 0 saturated heterocycles. The van der Waals surface area contributed by atoms with E-state index in [1.165, 1.54) is 0 Å². The number of ether oxygens (including phenoxy) is 2. The number of hydrogen-bond acceptors (Lipinski definition) is 4. The molecule has 0 aliphatic heterocycles. The molecule has 88 valence electrons. The van der Waals surface area contributed by atoms with Crippen molar-refractivity contribution in [3.05, 3.63) is 29.8 Å². The first-order chi connectivity index (χ1) is 7.67. The molecule has 0 radical (unpaired) electrons. The lowest BCUT2D eigenvalue weighted by Crippen LogP contribution is -2.17. The molecule has 0 fully saturated rings. The highest BCUT2D eigenvalue weighted by molar-refractivity contribution is 5.70. The van der Waals surface area contributed by atoms with Crippen molar-refractivity contribution >= 4 is 5.97 Å². The second kappa shape index (κ2) is 6.12. The maximum Gasteiger partial charge on any atom is 0.307 e. The molecule has 1 rings (SSSR count). The molecule has 1 aromatic carbocycles. The van der Waals surface area contributed by atoms with Gasteiger partial charge < -0.3 is 15.2 Å². The van der Waals surface area contributed by atoms with Crippen molar-refractivity contribution in [1.82, 2.24) is 0 Å². The van der Waals surface area contributed by atoms with E-state index in [0.717, 1.165) is 11.3 Å². The average molecular weight is 223 g/mol. The first-order valence-electron chi connectivity index (χ1n) is 5.22. The Morgan fingerprint density at radius 1 is 1.50 bits per heavy atom. The summed E-state index contributed by atoms with van der Waals surface area (Å²) >= 11 is 0. The van der Waals surface area contributed by atoms with Crippen LogP contribution in [0.25, 0.3) is 0 Å². The Hall–Kier alpha value is -1.55. The standard InChI is InChI=1S/C12H17NO3/c1-3-16-12(14)8-11(13)9-5-4-6-10(7-9)15-2/h4-7,11H,3,8,13H2,1-2H3/t11-/m1/s1. The van der Waals surface area contributed by atoms with E-state index in [1.807, 2.05) is 24.3 Å². The second-order valence-electron chi connectivity index (χ2n) is 3.39. The fraction of sp³-hybridized carbons (Fsp3) is 0.417. The summed E-state index contributed by atoms with van der Waals surface area (Å²) in [6.45, 7) is 2.15. The molecular formula is C12H17NO3. The Balaban J connectivity index is 2.64. The van der Waals surface area contributed by atoms with Gasteiger partial charge in [0.2, 0.25) is 0 Å². The number of esters is 1. The normalized spacial score (nSPS) is 11.9. The van der Waals surface area contributed by atoms with E-state index >= 15 is 0 Å². The average Bonchev–Trinajstić information content (AvgIpc) is 2.29. The SMILES string of the molecule is CCOC(=O)C[C@@H](N)c1cccc(OC)c1. The lowest BCUT2D eigenvalue weighted by molar-refractivity contribution is -0.143. The number of carbonyl (C=O) groups is 1. The predicted molar refractivity (Wildman–Crippen MR) is 61.2 cm³/mol. The third-order valence-corrected chi connectivity index (χ3v) is 2.21. The van der Waals surface area contributed by atoms with Gasteiger partial charge >= 0.3 is 5.97 Å². The van der Waals surface area contributed by atoms with Gasteiger partial charge in [0.05, 0.1) is 20.1 Å². The molecule has 1 aromatic rings. The highest BCUT2D eigenvalue weighted by atomic mass is 16.5. The number of benzene rings is 1. The predicted octanol–water partition coefficient (Wildman–Crippen LogP) is 1.65. The molecule has 0 heterocycles. The highest BCUT2D eigenvalue weighted by Gasteiger charge is 2.12. The van der Waals surface area contributed by atoms with Crippen LogP contribution in [-0.4, -0.2) is 19.7 Å². The maximum atomic E-state index is 11.2. The summed E-state index contributed by atoms with van der Waals surface area (Å²) in [5.41, 5.74) is 6.76. The molecule has 1 atom stereocenters. The summed E-state index contributed by atoms with van der Waals surface area (Å²) < 4.78 is 9.93. The van der Waals surface area contributed by atoms with Crippen LogP contribution in [-0.2, 0) is 9.53 Å². The highest BCUT2D eigenvalue weighted by Crippen LogP contribution is 2.19. The van der Waals surface area contributed by atoms with Gasteiger partial charge in [-0.15, -0.1) is 0 Å². The minimum atomic E-state index is -0.353. The van der Waals surface area contributed by atoms with Crippen molar-refractivity contribution < 1.29 is 14.3 Å². The van der Waals surface area contributed by atoms with E-state index < -0.39 is 0 Å². The van der Waals surface area contributed by atoms with Gasteiger partial charge in [0, 0.05) is 6.04 Å². The molecule has 0 spiro atoms. The molecule has 0 aromatic heterocycles. The minimum Gasteiger partial charge on any atom is -0.497 e. The fourth-order valence-electron chi connectivity index (χ4n) is 1.39. The fourth-order valence-corrected chi connectivity index (χ4v) is 1.39. The molecule has 0 saturated carbocycles. The largest absolute Gasteiger partial charge is 0.497 e. The van der Waals surface area contributed by atoms with Crippen molar-refractivity contribution in [2.75, 3.05) is 13.7 Å². The van der Waals surface area contributed by atoms with Gasteiger partial charge in [-0.2, -0.15) is 0 Å². The molecule has 0 unspecified atom stereocenters. The molecule has 0 bridgehead atoms. The summed E-state index contributed by atoms with van der Waals surface area (Å²) in [7, 11) is 1.59. The molecule has 2 N–H and O–H groups in total. The van der Waals surface area contributed by atoms with Crippen LogP contribution in [0.4, 0.5) is 0 Å². The van der Waals surface area contributed by atoms with Gasteiger partial charge in [0.25, 0.3) is 0 Å². The van der Waals surface area contributed by atoms with E-state index in [2.05, 4.69) is 0 Å². The quantitative estimate of drug-likeness (QED) is 0.771. The number of rotatable bonds is 5. The van der Waals surface area contributed by atoms with Gasteiger partial charge in [-0.1, -0.05) is 12.1 Å². The van der Waals surface area contributed by atoms with Gasteiger partial charge in [-0.05, 0) is 24.6 Å². The van der Waals surface area contributed by atoms with Gasteiger partial charge in [-0.3, -0.25) is 4.79 Å². The molecule has 16 heavy (non-hydrogen) atoms. The minimum absolute atomic E-state index is 0.182. The zero-order chi connectivity index (χ0) is 12.0. The summed E-state index contributed by atoms with van der Waals surface area (Å²) in [6, 6.07) is 7.02. The van der Waals surface area contributed by atoms with E-state index in [0.29, 0.717) is 6.61 Å². The van der Waals surface area contributed by atoms with Crippen LogP contribution in [0.3, 0.4) is 0 Å². The van der Waals surface area contributed by atoms with Crippen LogP contribution >= 0.6 is 0 Å². The number of nitrogens with two attached hydrogens (primary N) is 1. The van der Waals surface area contributed by atoms with E-state index in [4.69, 9.17) is 15.2 Å². The van der Waals surface area contributed by atoms with Crippen LogP contribution in [0.5, 0.6) is 5.75 Å². The van der Waals surface area contributed by atoms with Crippen molar-refractivity contribution in [2.45, 2.75) is 19.4 Å². The monoisotopic (exact) mass is 223 g/mol. The molecule has 4 nitrogen and oxygen atoms in total. The first-order valence-corrected chi connectivity index (χ1v) is 5.22. The van der Waals surface area contributed by atoms with E-state index in [1.54, 1.807) is 14.0 Å². The van der Waals surface area contributed by atoms with Crippen molar-refractivity contribution in [1.29, 1.82) is 0 Å². The number of carbonyl (C=O) groups excluding carboxylic acids is 1. The van der Waals surface area contributed by atoms with E-state index in [9.17, 15) is 4.79 Å². The summed E-state index contributed by atoms with van der Waals surface area (Å²) in [5.74, 6) is 0.453. The summed E-state index contributed by atoms with van der Waals surface area (Å²) in [4.78, 5) is 11.2. The van der Waals surface area contributed by atoms with Gasteiger partial charge in [-0.25, -0.2) is 0 Å². The third-order valence-electron chi connectivity index (χ3n) is 2.21. The third kappa shape index (κ3) is 3.55. The van der Waals surface area contributed by atoms with Crippen molar-refractivity contribution in [3.63, 3.8) is 0 Å². The van der Waals surface area contributed by atoms with Crippen molar-refractivity contribution in [3.8, 4) is 5.75 Å². The first kappa shape index (κ1) is 12.5. The summed E-state index contributed by atoms with van der Waals surface area (Å²) in [6.07, 6.45) is 0.182. The maximum absolute atomic E-state index is 11.2. The van der Waals surface area contributed by atoms with Crippen LogP contribution in [0.2, 0.25) is 0 Å². The summed E-state index contributed by atoms with van der Waals surface area (Å²) in [5, 5.41) is 0. The Kier molecular flexibility index (Phi) is 4.79. The lowest BCUT2D eigenvalue weighted by Gasteiger charge is -2.12. The number of methoxy groups -OCH3 is 1. The number of hydrogen-bond donors (Lipinski definition) is 1. The van der Waals surface area contributed by atoms with Crippen LogP contribution in [0.15, 0.2) is 24.3 Å². The Labute approximate surface area is 95.3 Å². The smallest absolute Gasteiger partial charge is 0.307 e. The van der Waals surface area contributed by atoms with E-state index in [-0.39, 0.29) is 18.4 Å². The zero-order valence-corrected chi connectivity index (χ0v) is 9.60. The molecule has 0 aliphatic carbocycles. The Morgan fingerprint density at radius 2 is 2.25 bits per heavy atom. The Bertz CT molecular complexity index is 352. The molecule has 0 amide bonds. The topological polar surface area (TPSA) is 61.5 Å². The zero-order valence-electron chi connectivity index (χ0n) is 9.60. The lowest BCUT2D eigenvalue weighted by atomic mass is 10.0. The van der Waals surface area contributed by atoms with Crippen molar-refractivity contribution in [2.24, 2.45) is 5.73 Å². The second-order valence-corrected chi connectivity index (χ2v) is 3.39. The van der Waals surface area contributed by atoms with Crippen LogP contribution in [0.1, 0.15) is 24.9 Å². The molecule has 4 heteroatoms. The van der Waals surface area contributed by atoms with Crippen LogP contribution in [0, 0.1) is 0 Å². The van der Waals surface area contributed by atoms with Gasteiger partial charge in [0.1, 0.15) is 5.75 Å². The Morgan fingerprint density at radius 3 is 2.88 bits per heavy atom. The molecular weight excluding hydrogens is 206 g/mol. The van der Waals surface area contributed by atoms with Crippen LogP contribution < -0.4 is 10.5 Å². The van der Waals surface area contributed by atoms with Gasteiger partial charge in [0.15, 0.2) is 0 Å².